The number of H-pyrrole nitrogens is 1. The SMILES string of the molecule is O=C(c1ccccc1SCc1cccs1)N1CC=C(c2c[nH]c3ccccc23)CC1. The molecular formula is C25H22N2OS2. The van der Waals surface area contributed by atoms with Crippen LogP contribution in [0.1, 0.15) is 27.2 Å². The van der Waals surface area contributed by atoms with Crippen molar-refractivity contribution in [3.63, 3.8) is 0 Å². The summed E-state index contributed by atoms with van der Waals surface area (Å²) >= 11 is 3.50. The van der Waals surface area contributed by atoms with Gasteiger partial charge >= 0.3 is 0 Å². The molecule has 0 unspecified atom stereocenters. The van der Waals surface area contributed by atoms with E-state index in [0.717, 1.165) is 34.7 Å². The number of nitrogens with zero attached hydrogens (tertiary/aromatic N) is 1. The minimum Gasteiger partial charge on any atom is -0.361 e. The molecule has 1 aliphatic rings. The van der Waals surface area contributed by atoms with Crippen LogP contribution in [0, 0.1) is 0 Å². The molecule has 0 spiro atoms. The maximum Gasteiger partial charge on any atom is 0.255 e. The van der Waals surface area contributed by atoms with Crippen molar-refractivity contribution in [2.24, 2.45) is 0 Å². The van der Waals surface area contributed by atoms with Crippen LogP contribution in [0.25, 0.3) is 16.5 Å². The van der Waals surface area contributed by atoms with Crippen molar-refractivity contribution in [3.05, 3.63) is 94.3 Å². The van der Waals surface area contributed by atoms with Gasteiger partial charge in [-0.25, -0.2) is 0 Å². The first-order valence-electron chi connectivity index (χ1n) is 10.1. The Morgan fingerprint density at radius 3 is 2.77 bits per heavy atom. The van der Waals surface area contributed by atoms with E-state index >= 15 is 0 Å². The average molecular weight is 431 g/mol. The summed E-state index contributed by atoms with van der Waals surface area (Å²) in [5.41, 5.74) is 4.54. The number of hydrogen-bond acceptors (Lipinski definition) is 3. The van der Waals surface area contributed by atoms with Crippen LogP contribution >= 0.6 is 23.1 Å². The van der Waals surface area contributed by atoms with Gasteiger partial charge in [0.1, 0.15) is 0 Å². The first-order valence-corrected chi connectivity index (χ1v) is 11.9. The van der Waals surface area contributed by atoms with Crippen LogP contribution in [-0.4, -0.2) is 28.9 Å². The van der Waals surface area contributed by atoms with E-state index in [9.17, 15) is 4.79 Å². The van der Waals surface area contributed by atoms with Crippen molar-refractivity contribution in [2.45, 2.75) is 17.1 Å². The molecule has 0 saturated carbocycles. The van der Waals surface area contributed by atoms with Gasteiger partial charge in [-0.2, -0.15) is 0 Å². The summed E-state index contributed by atoms with van der Waals surface area (Å²) < 4.78 is 0. The lowest BCUT2D eigenvalue weighted by molar-refractivity contribution is 0.0769. The van der Waals surface area contributed by atoms with Crippen LogP contribution in [-0.2, 0) is 5.75 Å². The molecule has 30 heavy (non-hydrogen) atoms. The van der Waals surface area contributed by atoms with Crippen LogP contribution in [0.3, 0.4) is 0 Å². The normalized spacial score (nSPS) is 14.1. The number of aromatic amines is 1. The second-order valence-electron chi connectivity index (χ2n) is 7.34. The summed E-state index contributed by atoms with van der Waals surface area (Å²) in [4.78, 5) is 21.0. The van der Waals surface area contributed by atoms with E-state index in [0.29, 0.717) is 6.54 Å². The van der Waals surface area contributed by atoms with Gasteiger partial charge in [-0.3, -0.25) is 4.79 Å². The summed E-state index contributed by atoms with van der Waals surface area (Å²) in [6.07, 6.45) is 5.17. The Hall–Kier alpha value is -2.76. The lowest BCUT2D eigenvalue weighted by Gasteiger charge is -2.27. The zero-order valence-electron chi connectivity index (χ0n) is 16.5. The number of thioether (sulfide) groups is 1. The first-order chi connectivity index (χ1) is 14.8. The van der Waals surface area contributed by atoms with E-state index in [-0.39, 0.29) is 5.91 Å². The third-order valence-electron chi connectivity index (χ3n) is 5.50. The van der Waals surface area contributed by atoms with E-state index in [1.165, 1.54) is 21.4 Å². The van der Waals surface area contributed by atoms with E-state index in [1.807, 2.05) is 29.2 Å². The summed E-state index contributed by atoms with van der Waals surface area (Å²) in [5.74, 6) is 1.02. The molecule has 5 heteroatoms. The molecule has 0 aliphatic carbocycles. The maximum absolute atomic E-state index is 13.3. The Bertz CT molecular complexity index is 1210. The van der Waals surface area contributed by atoms with Gasteiger partial charge < -0.3 is 9.88 Å². The topological polar surface area (TPSA) is 36.1 Å². The fraction of sp³-hybridized carbons (Fsp3) is 0.160. The number of amides is 1. The monoisotopic (exact) mass is 430 g/mol. The van der Waals surface area contributed by atoms with Crippen molar-refractivity contribution >= 4 is 45.5 Å². The van der Waals surface area contributed by atoms with E-state index in [1.54, 1.807) is 23.1 Å². The highest BCUT2D eigenvalue weighted by Gasteiger charge is 2.22. The van der Waals surface area contributed by atoms with Gasteiger partial charge in [0, 0.05) is 51.3 Å². The molecule has 0 saturated heterocycles. The zero-order chi connectivity index (χ0) is 20.3. The average Bonchev–Trinajstić information content (AvgIpc) is 3.47. The highest BCUT2D eigenvalue weighted by molar-refractivity contribution is 7.98. The van der Waals surface area contributed by atoms with Crippen molar-refractivity contribution in [2.75, 3.05) is 13.1 Å². The van der Waals surface area contributed by atoms with Gasteiger partial charge in [-0.05, 0) is 41.6 Å². The quantitative estimate of drug-likeness (QED) is 0.369. The third kappa shape index (κ3) is 3.83. The summed E-state index contributed by atoms with van der Waals surface area (Å²) in [5, 5.41) is 3.34. The number of thiophene rings is 1. The molecule has 0 atom stereocenters. The molecule has 2 aromatic heterocycles. The second kappa shape index (κ2) is 8.54. The Labute approximate surface area is 184 Å². The highest BCUT2D eigenvalue weighted by atomic mass is 32.2. The van der Waals surface area contributed by atoms with Gasteiger partial charge in [0.05, 0.1) is 5.56 Å². The standard InChI is InChI=1S/C25H22N2OS2/c28-25(21-8-2-4-10-24(21)30-17-19-6-5-15-29-19)27-13-11-18(12-14-27)22-16-26-23-9-3-1-7-20(22)23/h1-11,15-16,26H,12-14,17H2. The second-order valence-corrected chi connectivity index (χ2v) is 9.39. The summed E-state index contributed by atoms with van der Waals surface area (Å²) in [7, 11) is 0. The predicted octanol–water partition coefficient (Wildman–Crippen LogP) is 6.45. The van der Waals surface area contributed by atoms with Crippen LogP contribution in [0.2, 0.25) is 0 Å². The Morgan fingerprint density at radius 1 is 1.07 bits per heavy atom. The first kappa shape index (κ1) is 19.2. The molecule has 0 bridgehead atoms. The molecule has 1 aliphatic heterocycles. The van der Waals surface area contributed by atoms with Gasteiger partial charge in [0.2, 0.25) is 0 Å². The molecule has 150 valence electrons. The largest absolute Gasteiger partial charge is 0.361 e. The van der Waals surface area contributed by atoms with Crippen LogP contribution in [0.4, 0.5) is 0 Å². The number of hydrogen-bond donors (Lipinski definition) is 1. The number of nitrogens with one attached hydrogen (secondary N) is 1. The molecule has 0 radical (unpaired) electrons. The van der Waals surface area contributed by atoms with Crippen molar-refractivity contribution in [3.8, 4) is 0 Å². The van der Waals surface area contributed by atoms with Gasteiger partial charge in [0.15, 0.2) is 0 Å². The maximum atomic E-state index is 13.3. The third-order valence-corrected chi connectivity index (χ3v) is 7.68. The number of fused-ring (bicyclic) bond motifs is 1. The number of carbonyl (C=O) groups is 1. The highest BCUT2D eigenvalue weighted by Crippen LogP contribution is 2.32. The number of carbonyl (C=O) groups excluding carboxylic acids is 1. The molecule has 4 aromatic rings. The van der Waals surface area contributed by atoms with Crippen molar-refractivity contribution in [1.82, 2.24) is 9.88 Å². The summed E-state index contributed by atoms with van der Waals surface area (Å²) in [6.45, 7) is 1.39. The summed E-state index contributed by atoms with van der Waals surface area (Å²) in [6, 6.07) is 20.6. The lowest BCUT2D eigenvalue weighted by atomic mass is 9.98. The van der Waals surface area contributed by atoms with Gasteiger partial charge in [-0.1, -0.05) is 42.5 Å². The zero-order valence-corrected chi connectivity index (χ0v) is 18.1. The fourth-order valence-corrected chi connectivity index (χ4v) is 5.74. The molecule has 2 aromatic carbocycles. The molecule has 3 heterocycles. The number of para-hydroxylation sites is 1. The predicted molar refractivity (Wildman–Crippen MR) is 127 cm³/mol. The number of rotatable bonds is 5. The molecule has 1 amide bonds. The smallest absolute Gasteiger partial charge is 0.255 e. The molecule has 5 rings (SSSR count). The van der Waals surface area contributed by atoms with E-state index in [2.05, 4.69) is 59.0 Å². The molecule has 1 N–H and O–H groups in total. The number of aromatic nitrogens is 1. The van der Waals surface area contributed by atoms with Gasteiger partial charge in [0.25, 0.3) is 5.91 Å². The molecule has 3 nitrogen and oxygen atoms in total. The molecule has 0 fully saturated rings. The van der Waals surface area contributed by atoms with Crippen molar-refractivity contribution < 1.29 is 4.79 Å². The fourth-order valence-electron chi connectivity index (χ4n) is 3.92. The van der Waals surface area contributed by atoms with E-state index < -0.39 is 0 Å². The Morgan fingerprint density at radius 2 is 1.93 bits per heavy atom. The lowest BCUT2D eigenvalue weighted by Crippen LogP contribution is -2.34. The van der Waals surface area contributed by atoms with E-state index in [4.69, 9.17) is 0 Å². The Balaban J connectivity index is 1.32. The van der Waals surface area contributed by atoms with Crippen LogP contribution < -0.4 is 0 Å². The van der Waals surface area contributed by atoms with Crippen molar-refractivity contribution in [1.29, 1.82) is 0 Å². The minimum atomic E-state index is 0.124. The Kier molecular flexibility index (Phi) is 5.47. The number of benzene rings is 2. The minimum absolute atomic E-state index is 0.124. The molecular weight excluding hydrogens is 408 g/mol. The van der Waals surface area contributed by atoms with Crippen LogP contribution in [0.15, 0.2) is 83.2 Å². The van der Waals surface area contributed by atoms with Crippen LogP contribution in [0.5, 0.6) is 0 Å². The van der Waals surface area contributed by atoms with Gasteiger partial charge in [-0.15, -0.1) is 23.1 Å².